The van der Waals surface area contributed by atoms with Gasteiger partial charge in [0, 0.05) is 39.9 Å². The van der Waals surface area contributed by atoms with Gasteiger partial charge in [-0.1, -0.05) is 72.3 Å². The first-order valence-corrected chi connectivity index (χ1v) is 10.9. The summed E-state index contributed by atoms with van der Waals surface area (Å²) in [6, 6.07) is 21.4. The third-order valence-electron chi connectivity index (χ3n) is 7.43. The largest absolute Gasteiger partial charge is 0.324 e. The lowest BCUT2D eigenvalue weighted by molar-refractivity contribution is -0.128. The summed E-state index contributed by atoms with van der Waals surface area (Å²) in [7, 11) is 1.81. The molecule has 0 aromatic heterocycles. The number of amides is 1. The van der Waals surface area contributed by atoms with E-state index in [0.717, 1.165) is 0 Å². The zero-order valence-corrected chi connectivity index (χ0v) is 18.0. The molecule has 0 unspecified atom stereocenters. The Morgan fingerprint density at radius 3 is 2.16 bits per heavy atom. The highest BCUT2D eigenvalue weighted by Crippen LogP contribution is 2.66. The lowest BCUT2D eigenvalue weighted by atomic mass is 9.58. The summed E-state index contributed by atoms with van der Waals surface area (Å²) in [5.41, 5.74) is -0.433. The summed E-state index contributed by atoms with van der Waals surface area (Å²) in [4.78, 5) is 44.3. The standard InChI is InChI=1S/C26H19ClN2O3/c1-29-14-19(17-10-4-6-12-20(17)27)25(22(30)15-8-2-3-9-16(15)23(25)31)26(29)18-11-5-7-13-21(18)28-24(26)32/h2-13,19H,14H2,1H3,(H,28,32)/t19-,26-/m1/s1. The van der Waals surface area contributed by atoms with Gasteiger partial charge in [-0.25, -0.2) is 0 Å². The van der Waals surface area contributed by atoms with E-state index >= 15 is 0 Å². The number of likely N-dealkylation sites (N-methyl/N-ethyl adjacent to an activating group) is 1. The number of likely N-dealkylation sites (tertiary alicyclic amines) is 1. The third kappa shape index (κ3) is 1.97. The molecule has 6 heteroatoms. The van der Waals surface area contributed by atoms with Gasteiger partial charge in [-0.2, -0.15) is 0 Å². The number of rotatable bonds is 1. The van der Waals surface area contributed by atoms with Crippen LogP contribution in [0.15, 0.2) is 72.8 Å². The van der Waals surface area contributed by atoms with Crippen LogP contribution in [0.2, 0.25) is 5.02 Å². The van der Waals surface area contributed by atoms with Crippen molar-refractivity contribution in [3.8, 4) is 0 Å². The lowest BCUT2D eigenvalue weighted by Crippen LogP contribution is -2.60. The van der Waals surface area contributed by atoms with Crippen molar-refractivity contribution in [2.24, 2.45) is 5.41 Å². The van der Waals surface area contributed by atoms with Crippen LogP contribution in [0.3, 0.4) is 0 Å². The molecule has 3 aliphatic rings. The number of fused-ring (bicyclic) bond motifs is 4. The fraction of sp³-hybridized carbons (Fsp3) is 0.192. The Labute approximate surface area is 190 Å². The number of benzene rings is 3. The molecule has 5 nitrogen and oxygen atoms in total. The molecule has 32 heavy (non-hydrogen) atoms. The number of hydrogen-bond donors (Lipinski definition) is 1. The van der Waals surface area contributed by atoms with Gasteiger partial charge in [-0.15, -0.1) is 0 Å². The molecule has 2 heterocycles. The van der Waals surface area contributed by atoms with Crippen LogP contribution in [0.25, 0.3) is 0 Å². The monoisotopic (exact) mass is 442 g/mol. The van der Waals surface area contributed by atoms with E-state index in [4.69, 9.17) is 11.6 Å². The molecule has 1 fully saturated rings. The molecule has 1 amide bonds. The van der Waals surface area contributed by atoms with Crippen LogP contribution in [0.5, 0.6) is 0 Å². The maximum Gasteiger partial charge on any atom is 0.251 e. The van der Waals surface area contributed by atoms with Gasteiger partial charge in [0.05, 0.1) is 0 Å². The number of carbonyl (C=O) groups is 3. The predicted octanol–water partition coefficient (Wildman–Crippen LogP) is 4.28. The number of para-hydroxylation sites is 1. The van der Waals surface area contributed by atoms with E-state index in [1.165, 1.54) is 0 Å². The van der Waals surface area contributed by atoms with Gasteiger partial charge in [0.1, 0.15) is 11.0 Å². The molecule has 1 saturated heterocycles. The van der Waals surface area contributed by atoms with Crippen molar-refractivity contribution in [2.45, 2.75) is 11.5 Å². The normalized spacial score (nSPS) is 25.4. The summed E-state index contributed by atoms with van der Waals surface area (Å²) < 4.78 is 0. The van der Waals surface area contributed by atoms with Crippen molar-refractivity contribution in [2.75, 3.05) is 18.9 Å². The molecule has 0 radical (unpaired) electrons. The Morgan fingerprint density at radius 2 is 1.47 bits per heavy atom. The molecule has 1 N–H and O–H groups in total. The fourth-order valence-corrected chi connectivity index (χ4v) is 6.52. The minimum Gasteiger partial charge on any atom is -0.324 e. The van der Waals surface area contributed by atoms with Crippen LogP contribution in [0.1, 0.15) is 37.8 Å². The van der Waals surface area contributed by atoms with Crippen LogP contribution >= 0.6 is 11.6 Å². The van der Waals surface area contributed by atoms with Crippen LogP contribution in [0, 0.1) is 5.41 Å². The van der Waals surface area contributed by atoms with Gasteiger partial charge in [0.15, 0.2) is 11.6 Å². The Morgan fingerprint density at radius 1 is 0.875 bits per heavy atom. The first-order chi connectivity index (χ1) is 15.5. The number of nitrogens with zero attached hydrogens (tertiary/aromatic N) is 1. The molecule has 1 aliphatic carbocycles. The number of nitrogens with one attached hydrogen (secondary N) is 1. The predicted molar refractivity (Wildman–Crippen MR) is 121 cm³/mol. The first kappa shape index (κ1) is 19.4. The minimum atomic E-state index is -1.66. The van der Waals surface area contributed by atoms with Crippen molar-refractivity contribution in [3.05, 3.63) is 100 Å². The number of hydrogen-bond acceptors (Lipinski definition) is 4. The second-order valence-electron chi connectivity index (χ2n) is 8.68. The van der Waals surface area contributed by atoms with Crippen LogP contribution in [-0.4, -0.2) is 36.0 Å². The van der Waals surface area contributed by atoms with Crippen molar-refractivity contribution in [3.63, 3.8) is 0 Å². The molecular weight excluding hydrogens is 424 g/mol. The van der Waals surface area contributed by atoms with Crippen molar-refractivity contribution < 1.29 is 14.4 Å². The molecule has 3 aromatic carbocycles. The van der Waals surface area contributed by atoms with E-state index in [0.29, 0.717) is 39.5 Å². The SMILES string of the molecule is CN1C[C@H](c2ccccc2Cl)C2(C(=O)c3ccccc3C2=O)[C@@]12C(=O)Nc1ccccc12. The minimum absolute atomic E-state index is 0.320. The Hall–Kier alpha value is -3.28. The number of ketones is 2. The maximum absolute atomic E-state index is 14.3. The van der Waals surface area contributed by atoms with E-state index in [2.05, 4.69) is 5.32 Å². The first-order valence-electron chi connectivity index (χ1n) is 10.5. The number of Topliss-reactive ketones (excluding diaryl/α,β-unsaturated/α-hetero) is 2. The van der Waals surface area contributed by atoms with Gasteiger partial charge < -0.3 is 5.32 Å². The highest BCUT2D eigenvalue weighted by molar-refractivity contribution is 6.35. The number of halogens is 1. The van der Waals surface area contributed by atoms with E-state index in [9.17, 15) is 14.4 Å². The molecule has 2 aliphatic heterocycles. The summed E-state index contributed by atoms with van der Waals surface area (Å²) in [6.07, 6.45) is 0. The Bertz CT molecular complexity index is 1320. The number of carbonyl (C=O) groups excluding carboxylic acids is 3. The molecule has 3 aromatic rings. The zero-order chi connectivity index (χ0) is 22.3. The third-order valence-corrected chi connectivity index (χ3v) is 7.77. The van der Waals surface area contributed by atoms with E-state index in [-0.39, 0.29) is 17.5 Å². The summed E-state index contributed by atoms with van der Waals surface area (Å²) in [5, 5.41) is 3.43. The molecule has 0 bridgehead atoms. The van der Waals surface area contributed by atoms with Crippen LogP contribution in [0.4, 0.5) is 5.69 Å². The van der Waals surface area contributed by atoms with Crippen molar-refractivity contribution in [1.29, 1.82) is 0 Å². The van der Waals surface area contributed by atoms with Gasteiger partial charge in [-0.05, 0) is 24.7 Å². The fourth-order valence-electron chi connectivity index (χ4n) is 6.26. The highest BCUT2D eigenvalue weighted by atomic mass is 35.5. The molecule has 158 valence electrons. The van der Waals surface area contributed by atoms with Crippen molar-refractivity contribution >= 4 is 34.8 Å². The Balaban J connectivity index is 1.75. The van der Waals surface area contributed by atoms with Crippen LogP contribution in [-0.2, 0) is 10.3 Å². The summed E-state index contributed by atoms with van der Waals surface area (Å²) in [6.45, 7) is 0.330. The second-order valence-corrected chi connectivity index (χ2v) is 9.08. The van der Waals surface area contributed by atoms with Crippen molar-refractivity contribution in [1.82, 2.24) is 4.90 Å². The molecule has 0 saturated carbocycles. The van der Waals surface area contributed by atoms with E-state index < -0.39 is 16.9 Å². The lowest BCUT2D eigenvalue weighted by Gasteiger charge is -2.42. The smallest absolute Gasteiger partial charge is 0.251 e. The summed E-state index contributed by atoms with van der Waals surface area (Å²) in [5.74, 6) is -1.59. The highest BCUT2D eigenvalue weighted by Gasteiger charge is 2.78. The van der Waals surface area contributed by atoms with Gasteiger partial charge in [-0.3, -0.25) is 19.3 Å². The number of anilines is 1. The zero-order valence-electron chi connectivity index (χ0n) is 17.3. The van der Waals surface area contributed by atoms with Crippen LogP contribution < -0.4 is 5.32 Å². The van der Waals surface area contributed by atoms with E-state index in [1.807, 2.05) is 54.4 Å². The maximum atomic E-state index is 14.3. The molecule has 2 spiro atoms. The quantitative estimate of drug-likeness (QED) is 0.571. The van der Waals surface area contributed by atoms with Gasteiger partial charge in [0.2, 0.25) is 0 Å². The second kappa shape index (κ2) is 6.37. The summed E-state index contributed by atoms with van der Waals surface area (Å²) >= 11 is 6.61. The average Bonchev–Trinajstić information content (AvgIpc) is 3.34. The van der Waals surface area contributed by atoms with Gasteiger partial charge in [0.25, 0.3) is 5.91 Å². The molecule has 2 atom stereocenters. The topological polar surface area (TPSA) is 66.5 Å². The Kier molecular flexibility index (Phi) is 3.87. The molecule has 6 rings (SSSR count). The van der Waals surface area contributed by atoms with Gasteiger partial charge >= 0.3 is 0 Å². The average molecular weight is 443 g/mol. The van der Waals surface area contributed by atoms with E-state index in [1.54, 1.807) is 30.3 Å². The molecular formula is C26H19ClN2O3.